The van der Waals surface area contributed by atoms with E-state index >= 15 is 0 Å². The van der Waals surface area contributed by atoms with Crippen molar-refractivity contribution in [1.29, 1.82) is 0 Å². The maximum Gasteiger partial charge on any atom is 0.239 e. The molecule has 18 heavy (non-hydrogen) atoms. The number of aromatic nitrogens is 2. The third-order valence-electron chi connectivity index (χ3n) is 2.34. The molecule has 2 rings (SSSR count). The zero-order chi connectivity index (χ0) is 13.0. The van der Waals surface area contributed by atoms with Crippen LogP contribution in [0.1, 0.15) is 12.7 Å². The molecule has 0 fully saturated rings. The fourth-order valence-corrected chi connectivity index (χ4v) is 1.55. The van der Waals surface area contributed by atoms with Gasteiger partial charge in [-0.2, -0.15) is 4.98 Å². The minimum atomic E-state index is -0.528. The second-order valence-corrected chi connectivity index (χ2v) is 3.86. The van der Waals surface area contributed by atoms with Gasteiger partial charge in [-0.1, -0.05) is 0 Å². The van der Waals surface area contributed by atoms with Gasteiger partial charge in [0.1, 0.15) is 5.76 Å². The molecule has 0 aliphatic rings. The Hall–Kier alpha value is -2.15. The molecule has 4 N–H and O–H groups in total. The Bertz CT molecular complexity index is 502. The quantitative estimate of drug-likeness (QED) is 0.551. The third kappa shape index (κ3) is 2.95. The monoisotopic (exact) mass is 251 g/mol. The summed E-state index contributed by atoms with van der Waals surface area (Å²) in [7, 11) is 0. The van der Waals surface area contributed by atoms with Crippen LogP contribution in [-0.2, 0) is 6.42 Å². The summed E-state index contributed by atoms with van der Waals surface area (Å²) in [4.78, 5) is 7.56. The van der Waals surface area contributed by atoms with Crippen molar-refractivity contribution in [2.75, 3.05) is 10.7 Å². The van der Waals surface area contributed by atoms with Gasteiger partial charge in [0.15, 0.2) is 11.6 Å². The molecule has 2 heterocycles. The Morgan fingerprint density at radius 2 is 2.39 bits per heavy atom. The Kier molecular flexibility index (Phi) is 3.73. The van der Waals surface area contributed by atoms with Crippen LogP contribution in [0.15, 0.2) is 29.0 Å². The van der Waals surface area contributed by atoms with E-state index in [0.717, 1.165) is 12.0 Å². The van der Waals surface area contributed by atoms with Crippen molar-refractivity contribution in [3.63, 3.8) is 0 Å². The molecule has 0 aliphatic carbocycles. The first-order valence-electron chi connectivity index (χ1n) is 5.47. The largest absolute Gasteiger partial charge is 0.469 e. The second kappa shape index (κ2) is 5.46. The zero-order valence-electron chi connectivity index (χ0n) is 9.85. The molecule has 0 saturated carbocycles. The Morgan fingerprint density at radius 1 is 1.56 bits per heavy atom. The van der Waals surface area contributed by atoms with Crippen LogP contribution in [0.5, 0.6) is 0 Å². The van der Waals surface area contributed by atoms with E-state index in [9.17, 15) is 4.39 Å². The number of halogens is 1. The summed E-state index contributed by atoms with van der Waals surface area (Å²) in [6.07, 6.45) is 3.29. The van der Waals surface area contributed by atoms with Crippen molar-refractivity contribution in [2.45, 2.75) is 19.4 Å². The highest BCUT2D eigenvalue weighted by Crippen LogP contribution is 2.14. The highest BCUT2D eigenvalue weighted by atomic mass is 19.1. The lowest BCUT2D eigenvalue weighted by Crippen LogP contribution is -2.21. The summed E-state index contributed by atoms with van der Waals surface area (Å²) in [5.74, 6) is 5.73. The predicted octanol–water partition coefficient (Wildman–Crippen LogP) is 1.54. The van der Waals surface area contributed by atoms with Gasteiger partial charge in [0, 0.05) is 12.5 Å². The number of nitrogens with two attached hydrogens (primary N) is 1. The highest BCUT2D eigenvalue weighted by Gasteiger charge is 2.11. The minimum absolute atomic E-state index is 0.0359. The van der Waals surface area contributed by atoms with E-state index < -0.39 is 5.82 Å². The van der Waals surface area contributed by atoms with Crippen LogP contribution in [0.4, 0.5) is 16.2 Å². The summed E-state index contributed by atoms with van der Waals surface area (Å²) in [6, 6.07) is 3.64. The molecule has 2 aromatic heterocycles. The van der Waals surface area contributed by atoms with Gasteiger partial charge in [-0.3, -0.25) is 5.43 Å². The fourth-order valence-electron chi connectivity index (χ4n) is 1.55. The van der Waals surface area contributed by atoms with E-state index in [4.69, 9.17) is 10.3 Å². The Balaban J connectivity index is 2.04. The predicted molar refractivity (Wildman–Crippen MR) is 65.3 cm³/mol. The van der Waals surface area contributed by atoms with Crippen LogP contribution < -0.4 is 16.6 Å². The highest BCUT2D eigenvalue weighted by molar-refractivity contribution is 5.41. The minimum Gasteiger partial charge on any atom is -0.469 e. The number of hydrogen-bond acceptors (Lipinski definition) is 6. The number of rotatable bonds is 5. The lowest BCUT2D eigenvalue weighted by atomic mass is 10.2. The molecular formula is C11H14FN5O. The van der Waals surface area contributed by atoms with E-state index in [-0.39, 0.29) is 17.8 Å². The van der Waals surface area contributed by atoms with Crippen molar-refractivity contribution in [2.24, 2.45) is 5.84 Å². The van der Waals surface area contributed by atoms with Crippen LogP contribution in [-0.4, -0.2) is 16.0 Å². The van der Waals surface area contributed by atoms with Crippen LogP contribution in [0.25, 0.3) is 0 Å². The van der Waals surface area contributed by atoms with Crippen molar-refractivity contribution < 1.29 is 8.81 Å². The third-order valence-corrected chi connectivity index (χ3v) is 2.34. The van der Waals surface area contributed by atoms with Crippen LogP contribution in [0, 0.1) is 5.82 Å². The van der Waals surface area contributed by atoms with Gasteiger partial charge >= 0.3 is 0 Å². The van der Waals surface area contributed by atoms with E-state index in [0.29, 0.717) is 6.42 Å². The van der Waals surface area contributed by atoms with Gasteiger partial charge in [-0.25, -0.2) is 15.2 Å². The van der Waals surface area contributed by atoms with Gasteiger partial charge in [0.05, 0.1) is 12.5 Å². The average molecular weight is 251 g/mol. The summed E-state index contributed by atoms with van der Waals surface area (Å²) < 4.78 is 18.7. The second-order valence-electron chi connectivity index (χ2n) is 3.86. The number of nitrogen functional groups attached to an aromatic ring is 1. The number of anilines is 2. The van der Waals surface area contributed by atoms with Gasteiger partial charge in [-0.15, -0.1) is 0 Å². The molecular weight excluding hydrogens is 237 g/mol. The molecule has 0 saturated heterocycles. The van der Waals surface area contributed by atoms with Gasteiger partial charge in [0.2, 0.25) is 5.95 Å². The van der Waals surface area contributed by atoms with Crippen LogP contribution in [0.2, 0.25) is 0 Å². The normalized spacial score (nSPS) is 12.2. The molecule has 1 atom stereocenters. The van der Waals surface area contributed by atoms with Gasteiger partial charge in [-0.05, 0) is 19.1 Å². The lowest BCUT2D eigenvalue weighted by Gasteiger charge is -2.14. The van der Waals surface area contributed by atoms with Crippen molar-refractivity contribution in [3.05, 3.63) is 36.2 Å². The number of hydrazine groups is 1. The molecule has 0 spiro atoms. The SMILES string of the molecule is CC(Cc1ccco1)Nc1nc(NN)ncc1F. The maximum atomic E-state index is 13.5. The maximum absolute atomic E-state index is 13.5. The molecule has 6 nitrogen and oxygen atoms in total. The zero-order valence-corrected chi connectivity index (χ0v) is 9.85. The molecule has 7 heteroatoms. The first-order valence-corrected chi connectivity index (χ1v) is 5.47. The average Bonchev–Trinajstić information content (AvgIpc) is 2.84. The Morgan fingerprint density at radius 3 is 3.06 bits per heavy atom. The van der Waals surface area contributed by atoms with E-state index in [2.05, 4.69) is 20.7 Å². The Labute approximate surface area is 103 Å². The van der Waals surface area contributed by atoms with E-state index in [1.54, 1.807) is 6.26 Å². The lowest BCUT2D eigenvalue weighted by molar-refractivity contribution is 0.496. The summed E-state index contributed by atoms with van der Waals surface area (Å²) in [6.45, 7) is 1.90. The molecule has 0 bridgehead atoms. The summed E-state index contributed by atoms with van der Waals surface area (Å²) >= 11 is 0. The summed E-state index contributed by atoms with van der Waals surface area (Å²) in [5, 5.41) is 2.94. The van der Waals surface area contributed by atoms with E-state index in [1.165, 1.54) is 0 Å². The van der Waals surface area contributed by atoms with Crippen molar-refractivity contribution in [1.82, 2.24) is 9.97 Å². The topological polar surface area (TPSA) is 89.0 Å². The summed E-state index contributed by atoms with van der Waals surface area (Å²) in [5.41, 5.74) is 2.27. The number of furan rings is 1. The van der Waals surface area contributed by atoms with Crippen LogP contribution >= 0.6 is 0 Å². The number of nitrogens with zero attached hydrogens (tertiary/aromatic N) is 2. The molecule has 1 unspecified atom stereocenters. The molecule has 0 aromatic carbocycles. The molecule has 96 valence electrons. The standard InChI is InChI=1S/C11H14FN5O/c1-7(5-8-3-2-4-18-8)15-10-9(12)6-14-11(16-10)17-13/h2-4,6-7H,5,13H2,1H3,(H2,14,15,16,17). The first kappa shape index (κ1) is 12.3. The smallest absolute Gasteiger partial charge is 0.239 e. The van der Waals surface area contributed by atoms with Crippen LogP contribution in [0.3, 0.4) is 0 Å². The van der Waals surface area contributed by atoms with Gasteiger partial charge in [0.25, 0.3) is 0 Å². The fraction of sp³-hybridized carbons (Fsp3) is 0.273. The van der Waals surface area contributed by atoms with Crippen molar-refractivity contribution >= 4 is 11.8 Å². The number of nitrogens with one attached hydrogen (secondary N) is 2. The van der Waals surface area contributed by atoms with Crippen molar-refractivity contribution in [3.8, 4) is 0 Å². The molecule has 0 aliphatic heterocycles. The molecule has 2 aromatic rings. The van der Waals surface area contributed by atoms with E-state index in [1.807, 2.05) is 19.1 Å². The molecule has 0 radical (unpaired) electrons. The first-order chi connectivity index (χ1) is 8.69. The number of hydrogen-bond donors (Lipinski definition) is 3. The molecule has 0 amide bonds. The van der Waals surface area contributed by atoms with Gasteiger partial charge < -0.3 is 9.73 Å².